The van der Waals surface area contributed by atoms with E-state index in [1.165, 1.54) is 0 Å². The van der Waals surface area contributed by atoms with Crippen LogP contribution in [-0.2, 0) is 19.1 Å². The van der Waals surface area contributed by atoms with Crippen molar-refractivity contribution >= 4 is 17.7 Å². The number of carbonyl (C=O) groups excluding carboxylic acids is 3. The summed E-state index contributed by atoms with van der Waals surface area (Å²) in [6, 6.07) is 0.820. The number of hydrogen-bond donors (Lipinski definition) is 2. The summed E-state index contributed by atoms with van der Waals surface area (Å²) in [4.78, 5) is 40.2. The molecule has 3 amide bonds. The van der Waals surface area contributed by atoms with E-state index in [1.54, 1.807) is 4.90 Å². The van der Waals surface area contributed by atoms with Gasteiger partial charge in [-0.3, -0.25) is 14.4 Å². The molecular formula is C24H36N4O4. The van der Waals surface area contributed by atoms with Crippen LogP contribution in [0.4, 0.5) is 0 Å². The quantitative estimate of drug-likeness (QED) is 0.592. The molecule has 2 aliphatic heterocycles. The van der Waals surface area contributed by atoms with Crippen molar-refractivity contribution < 1.29 is 19.1 Å². The molecule has 1 unspecified atom stereocenters. The van der Waals surface area contributed by atoms with E-state index in [1.807, 2.05) is 13.8 Å². The fourth-order valence-corrected chi connectivity index (χ4v) is 5.76. The van der Waals surface area contributed by atoms with Crippen molar-refractivity contribution in [1.29, 1.82) is 5.26 Å². The first-order chi connectivity index (χ1) is 14.9. The van der Waals surface area contributed by atoms with E-state index in [4.69, 9.17) is 4.74 Å². The van der Waals surface area contributed by atoms with Gasteiger partial charge in [-0.15, -0.1) is 0 Å². The van der Waals surface area contributed by atoms with Crippen LogP contribution >= 0.6 is 0 Å². The minimum absolute atomic E-state index is 0.00821. The van der Waals surface area contributed by atoms with Gasteiger partial charge in [0, 0.05) is 18.0 Å². The Labute approximate surface area is 190 Å². The van der Waals surface area contributed by atoms with E-state index in [9.17, 15) is 19.6 Å². The predicted molar refractivity (Wildman–Crippen MR) is 117 cm³/mol. The largest absolute Gasteiger partial charge is 0.375 e. The molecule has 4 aliphatic rings. The van der Waals surface area contributed by atoms with Crippen molar-refractivity contribution in [2.75, 3.05) is 13.2 Å². The fourth-order valence-electron chi connectivity index (χ4n) is 5.76. The molecule has 4 fully saturated rings. The summed E-state index contributed by atoms with van der Waals surface area (Å²) in [5.41, 5.74) is -0.368. The second-order valence-electron chi connectivity index (χ2n) is 11.7. The number of hydrogen-bond acceptors (Lipinski definition) is 5. The Hall–Kier alpha value is -2.14. The molecule has 2 heterocycles. The van der Waals surface area contributed by atoms with Gasteiger partial charge in [-0.25, -0.2) is 0 Å². The molecule has 0 spiro atoms. The summed E-state index contributed by atoms with van der Waals surface area (Å²) in [5.74, 6) is -0.330. The lowest BCUT2D eigenvalue weighted by Gasteiger charge is -2.31. The first-order valence-electron chi connectivity index (χ1n) is 11.8. The minimum Gasteiger partial charge on any atom is -0.375 e. The lowest BCUT2D eigenvalue weighted by molar-refractivity contribution is -0.141. The molecule has 4 rings (SSSR count). The molecule has 0 aromatic rings. The molecule has 8 heteroatoms. The molecule has 0 aromatic heterocycles. The van der Waals surface area contributed by atoms with Crippen molar-refractivity contribution in [3.63, 3.8) is 0 Å². The molecule has 8 nitrogen and oxygen atoms in total. The summed E-state index contributed by atoms with van der Waals surface area (Å²) in [6.07, 6.45) is 3.23. The SMILES string of the molecule is CC1(C)C[C@@H](C[C@@H](C#N)NC(=O)[C@H]2C3[C@H](CN2C(=O)CCOC2(C)CC2)C3(C)C)C(=O)N1. The molecule has 176 valence electrons. The number of nitrogens with zero attached hydrogens (tertiary/aromatic N) is 2. The summed E-state index contributed by atoms with van der Waals surface area (Å²) >= 11 is 0. The van der Waals surface area contributed by atoms with E-state index in [0.717, 1.165) is 12.8 Å². The van der Waals surface area contributed by atoms with Gasteiger partial charge in [0.05, 0.1) is 24.7 Å². The Morgan fingerprint density at radius 3 is 2.53 bits per heavy atom. The Morgan fingerprint density at radius 2 is 1.97 bits per heavy atom. The molecule has 0 aromatic carbocycles. The molecule has 32 heavy (non-hydrogen) atoms. The van der Waals surface area contributed by atoms with Gasteiger partial charge in [0.25, 0.3) is 0 Å². The van der Waals surface area contributed by atoms with Crippen LogP contribution in [0.5, 0.6) is 0 Å². The van der Waals surface area contributed by atoms with Crippen molar-refractivity contribution in [1.82, 2.24) is 15.5 Å². The molecule has 0 radical (unpaired) electrons. The van der Waals surface area contributed by atoms with E-state index in [-0.39, 0.29) is 59.0 Å². The van der Waals surface area contributed by atoms with Gasteiger partial charge in [-0.1, -0.05) is 13.8 Å². The number of fused-ring (bicyclic) bond motifs is 1. The summed E-state index contributed by atoms with van der Waals surface area (Å²) in [5, 5.41) is 15.4. The number of likely N-dealkylation sites (tertiary alicyclic amines) is 1. The van der Waals surface area contributed by atoms with Gasteiger partial charge in [-0.05, 0) is 63.7 Å². The number of ether oxygens (including phenoxy) is 1. The summed E-state index contributed by atoms with van der Waals surface area (Å²) in [7, 11) is 0. The highest BCUT2D eigenvalue weighted by atomic mass is 16.5. The number of nitrogens with one attached hydrogen (secondary N) is 2. The second-order valence-corrected chi connectivity index (χ2v) is 11.7. The highest BCUT2D eigenvalue weighted by molar-refractivity contribution is 5.90. The lowest BCUT2D eigenvalue weighted by atomic mass is 9.91. The van der Waals surface area contributed by atoms with Crippen LogP contribution in [0.2, 0.25) is 0 Å². The third-order valence-electron chi connectivity index (χ3n) is 8.10. The topological polar surface area (TPSA) is 112 Å². The maximum Gasteiger partial charge on any atom is 0.244 e. The summed E-state index contributed by atoms with van der Waals surface area (Å²) < 4.78 is 5.80. The fraction of sp³-hybridized carbons (Fsp3) is 0.833. The first-order valence-corrected chi connectivity index (χ1v) is 11.8. The number of rotatable bonds is 8. The smallest absolute Gasteiger partial charge is 0.244 e. The van der Waals surface area contributed by atoms with E-state index in [0.29, 0.717) is 25.5 Å². The number of amides is 3. The maximum absolute atomic E-state index is 13.3. The van der Waals surface area contributed by atoms with Crippen LogP contribution in [0.25, 0.3) is 0 Å². The monoisotopic (exact) mass is 444 g/mol. The minimum atomic E-state index is -0.761. The van der Waals surface area contributed by atoms with E-state index in [2.05, 4.69) is 37.5 Å². The van der Waals surface area contributed by atoms with E-state index >= 15 is 0 Å². The Balaban J connectivity index is 1.38. The van der Waals surface area contributed by atoms with Crippen LogP contribution in [0.1, 0.15) is 66.7 Å². The van der Waals surface area contributed by atoms with Crippen molar-refractivity contribution in [2.45, 2.75) is 89.9 Å². The number of nitriles is 1. The zero-order valence-corrected chi connectivity index (χ0v) is 19.9. The van der Waals surface area contributed by atoms with Gasteiger partial charge in [0.2, 0.25) is 17.7 Å². The molecule has 2 saturated heterocycles. The van der Waals surface area contributed by atoms with Crippen molar-refractivity contribution in [2.24, 2.45) is 23.2 Å². The van der Waals surface area contributed by atoms with Crippen LogP contribution in [0.3, 0.4) is 0 Å². The third-order valence-corrected chi connectivity index (χ3v) is 8.10. The van der Waals surface area contributed by atoms with E-state index < -0.39 is 12.1 Å². The molecule has 2 aliphatic carbocycles. The average Bonchev–Trinajstić information content (AvgIpc) is 3.40. The predicted octanol–water partition coefficient (Wildman–Crippen LogP) is 1.74. The van der Waals surface area contributed by atoms with Crippen molar-refractivity contribution in [3.05, 3.63) is 0 Å². The van der Waals surface area contributed by atoms with Crippen LogP contribution in [0, 0.1) is 34.5 Å². The number of piperidine rings is 1. The zero-order valence-electron chi connectivity index (χ0n) is 19.9. The summed E-state index contributed by atoms with van der Waals surface area (Å²) in [6.45, 7) is 11.2. The molecule has 2 N–H and O–H groups in total. The van der Waals surface area contributed by atoms with Gasteiger partial charge >= 0.3 is 0 Å². The second kappa shape index (κ2) is 7.72. The zero-order chi connectivity index (χ0) is 23.5. The highest BCUT2D eigenvalue weighted by Gasteiger charge is 2.69. The molecule has 0 bridgehead atoms. The number of carbonyl (C=O) groups is 3. The lowest BCUT2D eigenvalue weighted by Crippen LogP contribution is -2.52. The maximum atomic E-state index is 13.3. The van der Waals surface area contributed by atoms with Gasteiger partial charge in [-0.2, -0.15) is 5.26 Å². The van der Waals surface area contributed by atoms with Crippen molar-refractivity contribution in [3.8, 4) is 6.07 Å². The van der Waals surface area contributed by atoms with Crippen LogP contribution in [-0.4, -0.2) is 59.0 Å². The first kappa shape index (κ1) is 23.0. The third kappa shape index (κ3) is 4.36. The average molecular weight is 445 g/mol. The molecule has 5 atom stereocenters. The van der Waals surface area contributed by atoms with Gasteiger partial charge in [0.15, 0.2) is 0 Å². The Morgan fingerprint density at radius 1 is 1.28 bits per heavy atom. The standard InChI is InChI=1S/C24H36N4O4/c1-22(2)11-14(20(30)27-22)10-15(12-25)26-21(31)19-18-16(23(18,3)4)13-28(19)17(29)6-9-32-24(5)7-8-24/h14-16,18-19H,6-11,13H2,1-5H3,(H,26,31)(H,27,30)/t14-,15+,16+,18?,19-/m1/s1. The van der Waals surface area contributed by atoms with Gasteiger partial charge < -0.3 is 20.3 Å². The van der Waals surface area contributed by atoms with Crippen LogP contribution in [0.15, 0.2) is 0 Å². The highest BCUT2D eigenvalue weighted by Crippen LogP contribution is 2.64. The Kier molecular flexibility index (Phi) is 5.56. The van der Waals surface area contributed by atoms with Gasteiger partial charge in [0.1, 0.15) is 12.1 Å². The normalized spacial score (nSPS) is 33.6. The van der Waals surface area contributed by atoms with Crippen LogP contribution < -0.4 is 10.6 Å². The molecule has 2 saturated carbocycles. The molecular weight excluding hydrogens is 408 g/mol. The Bertz CT molecular complexity index is 857.